The first-order valence-corrected chi connectivity index (χ1v) is 14.3. The molecule has 0 unspecified atom stereocenters. The monoisotopic (exact) mass is 538 g/mol. The second-order valence-electron chi connectivity index (χ2n) is 10.6. The lowest BCUT2D eigenvalue weighted by molar-refractivity contribution is -0.140. The zero-order valence-corrected chi connectivity index (χ0v) is 24.2. The highest BCUT2D eigenvalue weighted by molar-refractivity contribution is 5.79. The maximum atomic E-state index is 13.7. The van der Waals surface area contributed by atoms with Gasteiger partial charge in [-0.25, -0.2) is 4.98 Å². The molecule has 0 saturated carbocycles. The second-order valence-corrected chi connectivity index (χ2v) is 10.6. The van der Waals surface area contributed by atoms with Gasteiger partial charge in [-0.15, -0.1) is 0 Å². The average molecular weight is 539 g/mol. The fraction of sp³-hybridized carbons (Fsp3) is 0.600. The van der Waals surface area contributed by atoms with Crippen LogP contribution >= 0.6 is 0 Å². The van der Waals surface area contributed by atoms with Crippen LogP contribution in [0.15, 0.2) is 24.3 Å². The van der Waals surface area contributed by atoms with Crippen molar-refractivity contribution < 1.29 is 14.3 Å². The highest BCUT2D eigenvalue weighted by atomic mass is 16.5. The van der Waals surface area contributed by atoms with E-state index < -0.39 is 0 Å². The van der Waals surface area contributed by atoms with Gasteiger partial charge in [-0.3, -0.25) is 9.59 Å². The van der Waals surface area contributed by atoms with Crippen molar-refractivity contribution in [2.24, 2.45) is 5.92 Å². The van der Waals surface area contributed by atoms with Crippen molar-refractivity contribution in [3.05, 3.63) is 46.6 Å². The van der Waals surface area contributed by atoms with Crippen molar-refractivity contribution in [3.63, 3.8) is 0 Å². The Bertz CT molecular complexity index is 1070. The van der Waals surface area contributed by atoms with Crippen LogP contribution in [0, 0.1) is 12.8 Å². The molecule has 2 heterocycles. The fourth-order valence-corrected chi connectivity index (χ4v) is 5.09. The molecule has 1 fully saturated rings. The van der Waals surface area contributed by atoms with Gasteiger partial charge in [-0.2, -0.15) is 4.98 Å². The first-order chi connectivity index (χ1) is 18.8. The number of ether oxygens (including phenoxy) is 1. The van der Waals surface area contributed by atoms with Gasteiger partial charge in [0.15, 0.2) is 0 Å². The van der Waals surface area contributed by atoms with Crippen LogP contribution in [0.5, 0.6) is 0 Å². The number of likely N-dealkylation sites (tertiary alicyclic amines) is 1. The molecule has 1 saturated heterocycles. The first-order valence-electron chi connectivity index (χ1n) is 14.3. The summed E-state index contributed by atoms with van der Waals surface area (Å²) in [7, 11) is 3.51. The van der Waals surface area contributed by atoms with E-state index in [9.17, 15) is 9.59 Å². The number of hydrogen-bond donors (Lipinski definition) is 2. The van der Waals surface area contributed by atoms with E-state index in [2.05, 4.69) is 34.2 Å². The van der Waals surface area contributed by atoms with Crippen LogP contribution in [0.1, 0.15) is 67.8 Å². The molecule has 1 aromatic heterocycles. The minimum atomic E-state index is -0.261. The number of esters is 1. The third kappa shape index (κ3) is 9.49. The highest BCUT2D eigenvalue weighted by Crippen LogP contribution is 2.23. The van der Waals surface area contributed by atoms with Gasteiger partial charge in [-0.05, 0) is 70.3 Å². The van der Waals surface area contributed by atoms with Gasteiger partial charge in [0.2, 0.25) is 11.9 Å². The number of amides is 1. The molecule has 0 bridgehead atoms. The number of aryl methyl sites for hydroxylation is 1. The molecule has 3 rings (SSSR count). The average Bonchev–Trinajstić information content (AvgIpc) is 2.92. The van der Waals surface area contributed by atoms with Gasteiger partial charge in [0.05, 0.1) is 13.5 Å². The summed E-state index contributed by atoms with van der Waals surface area (Å²) in [5.41, 5.74) is 9.86. The lowest BCUT2D eigenvalue weighted by Gasteiger charge is -2.33. The van der Waals surface area contributed by atoms with Crippen molar-refractivity contribution in [3.8, 4) is 0 Å². The maximum absolute atomic E-state index is 13.7. The molecule has 0 aliphatic carbocycles. The van der Waals surface area contributed by atoms with Crippen LogP contribution in [-0.4, -0.2) is 72.0 Å². The Morgan fingerprint density at radius 2 is 1.79 bits per heavy atom. The number of carbonyl (C=O) groups excluding carboxylic acids is 2. The SMILES string of the molecule is CCCCCNc1nc(N)nc(C)c1CCCN(Cc1ccc(CC(=O)OC)cc1)C(=O)C1CCN(C)CC1. The minimum Gasteiger partial charge on any atom is -0.469 e. The van der Waals surface area contributed by atoms with E-state index in [1.807, 2.05) is 36.1 Å². The van der Waals surface area contributed by atoms with Gasteiger partial charge in [0.1, 0.15) is 5.82 Å². The van der Waals surface area contributed by atoms with Crippen LogP contribution < -0.4 is 11.1 Å². The number of hydrogen-bond acceptors (Lipinski definition) is 8. The maximum Gasteiger partial charge on any atom is 0.309 e. The van der Waals surface area contributed by atoms with E-state index in [0.717, 1.165) is 86.4 Å². The summed E-state index contributed by atoms with van der Waals surface area (Å²) in [5.74, 6) is 1.11. The summed E-state index contributed by atoms with van der Waals surface area (Å²) in [4.78, 5) is 38.5. The third-order valence-corrected chi connectivity index (χ3v) is 7.51. The number of benzene rings is 1. The fourth-order valence-electron chi connectivity index (χ4n) is 5.09. The predicted octanol–water partition coefficient (Wildman–Crippen LogP) is 3.99. The topological polar surface area (TPSA) is 114 Å². The molecule has 1 aliphatic heterocycles. The number of nitrogens with two attached hydrogens (primary N) is 1. The van der Waals surface area contributed by atoms with Gasteiger partial charge < -0.3 is 25.6 Å². The number of rotatable bonds is 14. The predicted molar refractivity (Wildman–Crippen MR) is 155 cm³/mol. The molecule has 39 heavy (non-hydrogen) atoms. The van der Waals surface area contributed by atoms with Crippen molar-refractivity contribution >= 4 is 23.6 Å². The van der Waals surface area contributed by atoms with E-state index in [-0.39, 0.29) is 30.2 Å². The quantitative estimate of drug-likeness (QED) is 0.274. The highest BCUT2D eigenvalue weighted by Gasteiger charge is 2.27. The number of nitrogens with one attached hydrogen (secondary N) is 1. The van der Waals surface area contributed by atoms with Crippen molar-refractivity contribution in [2.75, 3.05) is 51.4 Å². The molecule has 9 nitrogen and oxygen atoms in total. The molecule has 1 aliphatic rings. The summed E-state index contributed by atoms with van der Waals surface area (Å²) in [6.07, 6.45) is 6.99. The third-order valence-electron chi connectivity index (χ3n) is 7.51. The van der Waals surface area contributed by atoms with Crippen LogP contribution in [-0.2, 0) is 33.7 Å². The molecule has 0 atom stereocenters. The zero-order chi connectivity index (χ0) is 28.2. The van der Waals surface area contributed by atoms with E-state index in [1.165, 1.54) is 13.5 Å². The number of carbonyl (C=O) groups is 2. The second kappa shape index (κ2) is 15.4. The number of piperidine rings is 1. The lowest BCUT2D eigenvalue weighted by atomic mass is 9.95. The van der Waals surface area contributed by atoms with E-state index in [1.54, 1.807) is 0 Å². The molecular weight excluding hydrogens is 492 g/mol. The molecule has 0 spiro atoms. The normalized spacial score (nSPS) is 14.3. The molecule has 3 N–H and O–H groups in total. The Morgan fingerprint density at radius 3 is 2.46 bits per heavy atom. The molecule has 9 heteroatoms. The zero-order valence-electron chi connectivity index (χ0n) is 24.2. The smallest absolute Gasteiger partial charge is 0.309 e. The Hall–Kier alpha value is -3.20. The Morgan fingerprint density at radius 1 is 1.10 bits per heavy atom. The number of unbranched alkanes of at least 4 members (excludes halogenated alkanes) is 2. The molecule has 2 aromatic rings. The van der Waals surface area contributed by atoms with Crippen LogP contribution in [0.3, 0.4) is 0 Å². The van der Waals surface area contributed by atoms with Crippen molar-refractivity contribution in [1.82, 2.24) is 19.8 Å². The summed E-state index contributed by atoms with van der Waals surface area (Å²) < 4.78 is 4.78. The Labute approximate surface area is 233 Å². The number of anilines is 2. The van der Waals surface area contributed by atoms with E-state index in [4.69, 9.17) is 10.5 Å². The summed E-state index contributed by atoms with van der Waals surface area (Å²) >= 11 is 0. The molecular formula is C30H46N6O3. The minimum absolute atomic E-state index is 0.0529. The van der Waals surface area contributed by atoms with Crippen LogP contribution in [0.2, 0.25) is 0 Å². The van der Waals surface area contributed by atoms with E-state index in [0.29, 0.717) is 13.1 Å². The molecule has 1 amide bonds. The molecule has 214 valence electrons. The van der Waals surface area contributed by atoms with E-state index >= 15 is 0 Å². The van der Waals surface area contributed by atoms with Crippen LogP contribution in [0.4, 0.5) is 11.8 Å². The number of methoxy groups -OCH3 is 1. The Kier molecular flexibility index (Phi) is 12.0. The molecule has 0 radical (unpaired) electrons. The van der Waals surface area contributed by atoms with Crippen LogP contribution in [0.25, 0.3) is 0 Å². The van der Waals surface area contributed by atoms with Gasteiger partial charge in [0, 0.05) is 36.8 Å². The summed E-state index contributed by atoms with van der Waals surface area (Å²) in [6, 6.07) is 7.89. The number of nitrogens with zero attached hydrogens (tertiary/aromatic N) is 4. The summed E-state index contributed by atoms with van der Waals surface area (Å²) in [6.45, 7) is 8.10. The number of aromatic nitrogens is 2. The van der Waals surface area contributed by atoms with Crippen molar-refractivity contribution in [2.45, 2.75) is 71.8 Å². The van der Waals surface area contributed by atoms with Crippen molar-refractivity contribution in [1.29, 1.82) is 0 Å². The standard InChI is InChI=1S/C30H46N6O3/c1-5-6-7-16-32-28-26(22(2)33-30(31)34-28)9-8-17-36(29(38)25-14-18-35(3)19-15-25)21-24-12-10-23(11-13-24)20-27(37)39-4/h10-13,25H,5-9,14-21H2,1-4H3,(H3,31,32,33,34). The lowest BCUT2D eigenvalue weighted by Crippen LogP contribution is -2.41. The van der Waals surface area contributed by atoms with Gasteiger partial charge in [0.25, 0.3) is 0 Å². The van der Waals surface area contributed by atoms with Gasteiger partial charge in [-0.1, -0.05) is 44.0 Å². The first kappa shape index (κ1) is 30.3. The molecule has 1 aromatic carbocycles. The van der Waals surface area contributed by atoms with Gasteiger partial charge >= 0.3 is 5.97 Å². The largest absolute Gasteiger partial charge is 0.469 e. The Balaban J connectivity index is 1.70. The summed E-state index contributed by atoms with van der Waals surface area (Å²) in [5, 5.41) is 3.46. The number of nitrogen functional groups attached to an aromatic ring is 1.